The molecule has 12 heteroatoms. The Labute approximate surface area is 205 Å². The Morgan fingerprint density at radius 3 is 2.50 bits per heavy atom. The summed E-state index contributed by atoms with van der Waals surface area (Å²) < 4.78 is 11.1. The van der Waals surface area contributed by atoms with Gasteiger partial charge in [-0.25, -0.2) is 4.79 Å². The summed E-state index contributed by atoms with van der Waals surface area (Å²) in [4.78, 5) is 64.5. The number of aromatic amines is 1. The molecule has 1 aromatic heterocycles. The van der Waals surface area contributed by atoms with E-state index in [4.69, 9.17) is 15.2 Å². The number of likely N-dealkylation sites (N-methyl/N-ethyl adjacent to an activating group) is 1. The lowest BCUT2D eigenvalue weighted by atomic mass is 10.2. The van der Waals surface area contributed by atoms with Gasteiger partial charge in [0, 0.05) is 12.6 Å². The van der Waals surface area contributed by atoms with E-state index in [1.807, 2.05) is 6.07 Å². The van der Waals surface area contributed by atoms with Crippen molar-refractivity contribution < 1.29 is 23.9 Å². The fourth-order valence-electron chi connectivity index (χ4n) is 3.26. The Hall–Kier alpha value is -4.87. The molecule has 188 valence electrons. The lowest BCUT2D eigenvalue weighted by Crippen LogP contribution is -2.41. The first-order valence-electron chi connectivity index (χ1n) is 10.7. The molecule has 3 rings (SSSR count). The average molecular weight is 495 g/mol. The van der Waals surface area contributed by atoms with Crippen molar-refractivity contribution in [1.82, 2.24) is 14.9 Å². The first-order chi connectivity index (χ1) is 17.2. The Kier molecular flexibility index (Phi) is 8.23. The van der Waals surface area contributed by atoms with E-state index in [2.05, 4.69) is 10.3 Å². The van der Waals surface area contributed by atoms with Gasteiger partial charge in [-0.05, 0) is 23.8 Å². The highest BCUT2D eigenvalue weighted by Gasteiger charge is 2.22. The molecule has 0 aliphatic heterocycles. The van der Waals surface area contributed by atoms with Gasteiger partial charge in [0.25, 0.3) is 17.4 Å². The number of amides is 2. The minimum atomic E-state index is -0.871. The highest BCUT2D eigenvalue weighted by atomic mass is 16.5. The summed E-state index contributed by atoms with van der Waals surface area (Å²) >= 11 is 0. The van der Waals surface area contributed by atoms with E-state index in [0.717, 1.165) is 15.0 Å². The molecule has 12 nitrogen and oxygen atoms in total. The molecule has 0 spiro atoms. The lowest BCUT2D eigenvalue weighted by molar-refractivity contribution is -0.146. The van der Waals surface area contributed by atoms with Crippen molar-refractivity contribution >= 4 is 29.3 Å². The molecule has 0 unspecified atom stereocenters. The summed E-state index contributed by atoms with van der Waals surface area (Å²) in [6.07, 6.45) is 0. The number of nitrogens with zero attached hydrogens (tertiary/aromatic N) is 2. The third-order valence-corrected chi connectivity index (χ3v) is 5.19. The van der Waals surface area contributed by atoms with Crippen molar-refractivity contribution in [3.05, 3.63) is 86.6 Å². The maximum atomic E-state index is 12.6. The number of esters is 1. The molecular formula is C24H25N5O7. The first kappa shape index (κ1) is 25.7. The second-order valence-electron chi connectivity index (χ2n) is 7.59. The minimum Gasteiger partial charge on any atom is -0.497 e. The summed E-state index contributed by atoms with van der Waals surface area (Å²) in [7, 11) is 2.72. The van der Waals surface area contributed by atoms with Gasteiger partial charge in [0.15, 0.2) is 12.3 Å². The number of aromatic nitrogens is 2. The van der Waals surface area contributed by atoms with Crippen LogP contribution in [0, 0.1) is 0 Å². The maximum absolute atomic E-state index is 12.6. The number of H-pyrrole nitrogens is 1. The van der Waals surface area contributed by atoms with E-state index < -0.39 is 42.2 Å². The molecule has 0 saturated carbocycles. The molecule has 1 heterocycles. The van der Waals surface area contributed by atoms with Gasteiger partial charge in [-0.3, -0.25) is 28.7 Å². The van der Waals surface area contributed by atoms with E-state index in [1.165, 1.54) is 20.2 Å². The fraction of sp³-hybridized carbons (Fsp3) is 0.208. The molecule has 3 aromatic rings. The van der Waals surface area contributed by atoms with Crippen molar-refractivity contribution in [2.75, 3.05) is 37.9 Å². The number of ether oxygens (including phenoxy) is 2. The average Bonchev–Trinajstić information content (AvgIpc) is 2.88. The number of nitrogen functional groups attached to an aromatic ring is 1. The van der Waals surface area contributed by atoms with E-state index in [0.29, 0.717) is 5.75 Å². The van der Waals surface area contributed by atoms with Gasteiger partial charge in [0.2, 0.25) is 0 Å². The van der Waals surface area contributed by atoms with Crippen molar-refractivity contribution in [3.63, 3.8) is 0 Å². The molecule has 0 radical (unpaired) electrons. The van der Waals surface area contributed by atoms with Gasteiger partial charge < -0.3 is 25.4 Å². The molecule has 0 aliphatic rings. The van der Waals surface area contributed by atoms with Crippen LogP contribution >= 0.6 is 0 Å². The van der Waals surface area contributed by atoms with Crippen molar-refractivity contribution in [3.8, 4) is 5.75 Å². The predicted molar refractivity (Wildman–Crippen MR) is 131 cm³/mol. The zero-order chi connectivity index (χ0) is 26.2. The van der Waals surface area contributed by atoms with Crippen LogP contribution in [0.5, 0.6) is 5.75 Å². The van der Waals surface area contributed by atoms with E-state index in [-0.39, 0.29) is 23.6 Å². The van der Waals surface area contributed by atoms with E-state index in [9.17, 15) is 24.0 Å². The second kappa shape index (κ2) is 11.5. The van der Waals surface area contributed by atoms with Crippen LogP contribution in [-0.2, 0) is 20.9 Å². The third-order valence-electron chi connectivity index (χ3n) is 5.19. The van der Waals surface area contributed by atoms with Crippen molar-refractivity contribution in [1.29, 1.82) is 0 Å². The third kappa shape index (κ3) is 6.17. The zero-order valence-electron chi connectivity index (χ0n) is 19.6. The molecular weight excluding hydrogens is 470 g/mol. The molecule has 0 atom stereocenters. The van der Waals surface area contributed by atoms with Crippen LogP contribution in [0.15, 0.2) is 64.2 Å². The highest BCUT2D eigenvalue weighted by Crippen LogP contribution is 2.16. The zero-order valence-corrected chi connectivity index (χ0v) is 19.6. The molecule has 0 saturated heterocycles. The predicted octanol–water partition coefficient (Wildman–Crippen LogP) is 0.112. The van der Waals surface area contributed by atoms with Crippen LogP contribution in [0.4, 0.5) is 11.5 Å². The summed E-state index contributed by atoms with van der Waals surface area (Å²) in [5.41, 5.74) is 5.23. The number of hydrogen-bond acceptors (Lipinski definition) is 8. The first-order valence-corrected chi connectivity index (χ1v) is 10.7. The quantitative estimate of drug-likeness (QED) is 0.352. The number of hydrogen-bond donors (Lipinski definition) is 3. The number of anilines is 2. The number of nitrogens with one attached hydrogen (secondary N) is 2. The van der Waals surface area contributed by atoms with Crippen LogP contribution in [0.2, 0.25) is 0 Å². The standard InChI is InChI=1S/C24H25N5O7/c1-28(20-21(25)29(24(34)27-23(20)33)13-15-7-4-3-5-8-15)18(30)14-36-19(31)12-26-22(32)16-9-6-10-17(11-16)35-2/h3-11H,12-14,25H2,1-2H3,(H,26,32)(H,27,33,34). The Morgan fingerprint density at radius 2 is 1.81 bits per heavy atom. The normalized spacial score (nSPS) is 10.4. The van der Waals surface area contributed by atoms with Gasteiger partial charge in [-0.15, -0.1) is 0 Å². The van der Waals surface area contributed by atoms with Gasteiger partial charge >= 0.3 is 11.7 Å². The molecule has 2 aromatic carbocycles. The van der Waals surface area contributed by atoms with Crippen LogP contribution < -0.4 is 31.9 Å². The summed E-state index contributed by atoms with van der Waals surface area (Å²) in [6, 6.07) is 15.3. The number of carbonyl (C=O) groups excluding carboxylic acids is 3. The smallest absolute Gasteiger partial charge is 0.330 e. The number of nitrogens with two attached hydrogens (primary N) is 1. The Morgan fingerprint density at radius 1 is 1.08 bits per heavy atom. The fourth-order valence-corrected chi connectivity index (χ4v) is 3.26. The molecule has 0 bridgehead atoms. The highest BCUT2D eigenvalue weighted by molar-refractivity contribution is 5.98. The number of rotatable bonds is 9. The summed E-state index contributed by atoms with van der Waals surface area (Å²) in [6.45, 7) is -1.14. The molecule has 4 N–H and O–H groups in total. The minimum absolute atomic E-state index is 0.0687. The van der Waals surface area contributed by atoms with Crippen LogP contribution in [-0.4, -0.2) is 54.6 Å². The maximum Gasteiger partial charge on any atom is 0.330 e. The van der Waals surface area contributed by atoms with Gasteiger partial charge in [0.05, 0.1) is 13.7 Å². The monoisotopic (exact) mass is 495 g/mol. The molecule has 36 heavy (non-hydrogen) atoms. The summed E-state index contributed by atoms with van der Waals surface area (Å²) in [5, 5.41) is 2.38. The lowest BCUT2D eigenvalue weighted by Gasteiger charge is -2.20. The number of methoxy groups -OCH3 is 1. The van der Waals surface area contributed by atoms with Crippen LogP contribution in [0.3, 0.4) is 0 Å². The van der Waals surface area contributed by atoms with E-state index in [1.54, 1.807) is 42.5 Å². The van der Waals surface area contributed by atoms with Crippen molar-refractivity contribution in [2.45, 2.75) is 6.54 Å². The SMILES string of the molecule is COc1cccc(C(=O)NCC(=O)OCC(=O)N(C)c2c(N)n(Cc3ccccc3)c(=O)[nH]c2=O)c1. The van der Waals surface area contributed by atoms with Gasteiger partial charge in [-0.2, -0.15) is 0 Å². The molecule has 0 fully saturated rings. The number of benzene rings is 2. The van der Waals surface area contributed by atoms with Crippen LogP contribution in [0.25, 0.3) is 0 Å². The van der Waals surface area contributed by atoms with Crippen molar-refractivity contribution in [2.24, 2.45) is 0 Å². The second-order valence-corrected chi connectivity index (χ2v) is 7.59. The molecule has 0 aliphatic carbocycles. The number of carbonyl (C=O) groups is 3. The van der Waals surface area contributed by atoms with Crippen LogP contribution in [0.1, 0.15) is 15.9 Å². The summed E-state index contributed by atoms with van der Waals surface area (Å²) in [5.74, 6) is -1.92. The Bertz CT molecular complexity index is 1380. The van der Waals surface area contributed by atoms with Gasteiger partial charge in [-0.1, -0.05) is 36.4 Å². The van der Waals surface area contributed by atoms with E-state index >= 15 is 0 Å². The Balaban J connectivity index is 1.62. The van der Waals surface area contributed by atoms with Gasteiger partial charge in [0.1, 0.15) is 18.1 Å². The topological polar surface area (TPSA) is 166 Å². The molecule has 2 amide bonds. The largest absolute Gasteiger partial charge is 0.497 e.